The fourth-order valence-corrected chi connectivity index (χ4v) is 2.85. The van der Waals surface area contributed by atoms with Crippen molar-refractivity contribution < 1.29 is 18.0 Å². The Kier molecular flexibility index (Phi) is 4.61. The summed E-state index contributed by atoms with van der Waals surface area (Å²) in [5.74, 6) is 0.00743. The van der Waals surface area contributed by atoms with Crippen molar-refractivity contribution in [3.05, 3.63) is 47.0 Å². The summed E-state index contributed by atoms with van der Waals surface area (Å²) in [4.78, 5) is 13.1. The van der Waals surface area contributed by atoms with E-state index >= 15 is 0 Å². The normalized spacial score (nSPS) is 18.9. The highest BCUT2D eigenvalue weighted by molar-refractivity contribution is 6.30. The van der Waals surface area contributed by atoms with Gasteiger partial charge in [0.25, 0.3) is 0 Å². The zero-order valence-electron chi connectivity index (χ0n) is 11.3. The molecule has 2 nitrogen and oxygen atoms in total. The van der Waals surface area contributed by atoms with E-state index in [0.717, 1.165) is 18.6 Å². The average molecular weight is 318 g/mol. The van der Waals surface area contributed by atoms with Gasteiger partial charge in [0.05, 0.1) is 5.56 Å². The molecule has 1 aliphatic rings. The fraction of sp³-hybridized carbons (Fsp3) is 0.400. The van der Waals surface area contributed by atoms with Gasteiger partial charge in [0, 0.05) is 18.1 Å². The molecule has 0 N–H and O–H groups in total. The highest BCUT2D eigenvalue weighted by Gasteiger charge is 2.32. The summed E-state index contributed by atoms with van der Waals surface area (Å²) in [5.41, 5.74) is -0.185. The Morgan fingerprint density at radius 1 is 1.43 bits per heavy atom. The number of alkyl halides is 3. The standard InChI is InChI=1S/C15H15ClF3NO/c1-2-14(21)20-4-3-10(9-20)5-11-6-12(15(17,18)19)8-13(16)7-11/h2,6-8,10H,1,3-5,9H2/t10-/m1/s1. The number of nitrogens with zero attached hydrogens (tertiary/aromatic N) is 1. The van der Waals surface area contributed by atoms with Crippen molar-refractivity contribution in [3.63, 3.8) is 0 Å². The molecule has 2 rings (SSSR count). The molecule has 1 saturated heterocycles. The van der Waals surface area contributed by atoms with Gasteiger partial charge in [-0.3, -0.25) is 4.79 Å². The molecule has 1 amide bonds. The van der Waals surface area contributed by atoms with Gasteiger partial charge in [-0.15, -0.1) is 0 Å². The quantitative estimate of drug-likeness (QED) is 0.773. The number of amides is 1. The van der Waals surface area contributed by atoms with Gasteiger partial charge < -0.3 is 4.90 Å². The molecule has 1 fully saturated rings. The van der Waals surface area contributed by atoms with Crippen molar-refractivity contribution >= 4 is 17.5 Å². The Morgan fingerprint density at radius 2 is 2.14 bits per heavy atom. The fourth-order valence-electron chi connectivity index (χ4n) is 2.59. The third-order valence-corrected chi connectivity index (χ3v) is 3.80. The maximum absolute atomic E-state index is 12.8. The summed E-state index contributed by atoms with van der Waals surface area (Å²) in [6, 6.07) is 3.60. The van der Waals surface area contributed by atoms with Gasteiger partial charge in [-0.1, -0.05) is 18.2 Å². The Bertz CT molecular complexity index is 556. The second-order valence-electron chi connectivity index (χ2n) is 5.19. The highest BCUT2D eigenvalue weighted by atomic mass is 35.5. The minimum absolute atomic E-state index is 0.0804. The first-order valence-electron chi connectivity index (χ1n) is 6.57. The molecule has 0 aliphatic carbocycles. The molecular weight excluding hydrogens is 303 g/mol. The van der Waals surface area contributed by atoms with Crippen molar-refractivity contribution in [3.8, 4) is 0 Å². The van der Waals surface area contributed by atoms with E-state index in [1.54, 1.807) is 11.0 Å². The van der Waals surface area contributed by atoms with Crippen LogP contribution < -0.4 is 0 Å². The lowest BCUT2D eigenvalue weighted by atomic mass is 9.97. The number of rotatable bonds is 3. The number of hydrogen-bond acceptors (Lipinski definition) is 1. The van der Waals surface area contributed by atoms with Gasteiger partial charge in [-0.25, -0.2) is 0 Å². The van der Waals surface area contributed by atoms with Crippen molar-refractivity contribution in [1.82, 2.24) is 4.90 Å². The van der Waals surface area contributed by atoms with Crippen LogP contribution in [-0.4, -0.2) is 23.9 Å². The average Bonchev–Trinajstić information content (AvgIpc) is 2.84. The Hall–Kier alpha value is -1.49. The van der Waals surface area contributed by atoms with Crippen LogP contribution in [0.1, 0.15) is 17.5 Å². The molecular formula is C15H15ClF3NO. The Morgan fingerprint density at radius 3 is 2.76 bits per heavy atom. The van der Waals surface area contributed by atoms with Crippen LogP contribution >= 0.6 is 11.6 Å². The topological polar surface area (TPSA) is 20.3 Å². The first kappa shape index (κ1) is 15.9. The first-order valence-corrected chi connectivity index (χ1v) is 6.95. The third kappa shape index (κ3) is 4.00. The molecule has 1 aromatic carbocycles. The van der Waals surface area contributed by atoms with Crippen LogP contribution in [0.4, 0.5) is 13.2 Å². The minimum Gasteiger partial charge on any atom is -0.339 e. The number of halogens is 4. The predicted octanol–water partition coefficient (Wildman–Crippen LogP) is 3.94. The summed E-state index contributed by atoms with van der Waals surface area (Å²) in [6.45, 7) is 4.58. The maximum Gasteiger partial charge on any atom is 0.416 e. The smallest absolute Gasteiger partial charge is 0.339 e. The lowest BCUT2D eigenvalue weighted by Crippen LogP contribution is -2.26. The molecule has 0 bridgehead atoms. The van der Waals surface area contributed by atoms with Crippen LogP contribution in [0.15, 0.2) is 30.9 Å². The van der Waals surface area contributed by atoms with Crippen molar-refractivity contribution in [1.29, 1.82) is 0 Å². The SMILES string of the molecule is C=CC(=O)N1CC[C@H](Cc2cc(Cl)cc(C(F)(F)F)c2)C1. The molecule has 1 heterocycles. The summed E-state index contributed by atoms with van der Waals surface area (Å²) in [6.07, 6.45) is -1.90. The molecule has 0 saturated carbocycles. The number of benzene rings is 1. The van der Waals surface area contributed by atoms with E-state index in [4.69, 9.17) is 11.6 Å². The largest absolute Gasteiger partial charge is 0.416 e. The van der Waals surface area contributed by atoms with Gasteiger partial charge in [-0.05, 0) is 48.6 Å². The second-order valence-corrected chi connectivity index (χ2v) is 5.63. The van der Waals surface area contributed by atoms with Crippen LogP contribution in [0.2, 0.25) is 5.02 Å². The lowest BCUT2D eigenvalue weighted by Gasteiger charge is -2.15. The molecule has 0 unspecified atom stereocenters. The molecule has 0 spiro atoms. The van der Waals surface area contributed by atoms with Crippen LogP contribution in [0.25, 0.3) is 0 Å². The van der Waals surface area contributed by atoms with E-state index in [-0.39, 0.29) is 16.8 Å². The van der Waals surface area contributed by atoms with Crippen molar-refractivity contribution in [2.24, 2.45) is 5.92 Å². The number of hydrogen-bond donors (Lipinski definition) is 0. The van der Waals surface area contributed by atoms with Crippen LogP contribution in [0.3, 0.4) is 0 Å². The Balaban J connectivity index is 2.09. The second kappa shape index (κ2) is 6.10. The molecule has 1 aromatic rings. The molecule has 114 valence electrons. The molecule has 1 atom stereocenters. The number of carbonyl (C=O) groups excluding carboxylic acids is 1. The van der Waals surface area contributed by atoms with Gasteiger partial charge in [0.2, 0.25) is 5.91 Å². The molecule has 21 heavy (non-hydrogen) atoms. The van der Waals surface area contributed by atoms with Gasteiger partial charge in [0.15, 0.2) is 0 Å². The van der Waals surface area contributed by atoms with Gasteiger partial charge in [-0.2, -0.15) is 13.2 Å². The van der Waals surface area contributed by atoms with E-state index in [1.807, 2.05) is 0 Å². The van der Waals surface area contributed by atoms with E-state index in [0.29, 0.717) is 25.1 Å². The lowest BCUT2D eigenvalue weighted by molar-refractivity contribution is -0.137. The molecule has 1 aliphatic heterocycles. The molecule has 6 heteroatoms. The number of likely N-dealkylation sites (tertiary alicyclic amines) is 1. The third-order valence-electron chi connectivity index (χ3n) is 3.58. The van der Waals surface area contributed by atoms with Crippen molar-refractivity contribution in [2.75, 3.05) is 13.1 Å². The van der Waals surface area contributed by atoms with E-state index in [2.05, 4.69) is 6.58 Å². The van der Waals surface area contributed by atoms with E-state index in [9.17, 15) is 18.0 Å². The first-order chi connectivity index (χ1) is 9.79. The molecule has 0 radical (unpaired) electrons. The zero-order valence-corrected chi connectivity index (χ0v) is 12.0. The van der Waals surface area contributed by atoms with E-state index < -0.39 is 11.7 Å². The van der Waals surface area contributed by atoms with Gasteiger partial charge in [0.1, 0.15) is 0 Å². The van der Waals surface area contributed by atoms with Crippen LogP contribution in [0, 0.1) is 5.92 Å². The molecule has 0 aromatic heterocycles. The van der Waals surface area contributed by atoms with Gasteiger partial charge >= 0.3 is 6.18 Å². The van der Waals surface area contributed by atoms with E-state index in [1.165, 1.54) is 6.08 Å². The van der Waals surface area contributed by atoms with Crippen LogP contribution in [0.5, 0.6) is 0 Å². The highest BCUT2D eigenvalue weighted by Crippen LogP contribution is 2.33. The predicted molar refractivity (Wildman–Crippen MR) is 75.0 cm³/mol. The number of carbonyl (C=O) groups is 1. The maximum atomic E-state index is 12.8. The zero-order chi connectivity index (χ0) is 15.6. The van der Waals surface area contributed by atoms with Crippen LogP contribution in [-0.2, 0) is 17.4 Å². The minimum atomic E-state index is -4.40. The monoisotopic (exact) mass is 317 g/mol. The summed E-state index contributed by atoms with van der Waals surface area (Å²) in [7, 11) is 0. The summed E-state index contributed by atoms with van der Waals surface area (Å²) in [5, 5.41) is 0.0804. The Labute approximate surface area is 126 Å². The summed E-state index contributed by atoms with van der Waals surface area (Å²) >= 11 is 5.77. The van der Waals surface area contributed by atoms with Crippen molar-refractivity contribution in [2.45, 2.75) is 19.0 Å². The summed E-state index contributed by atoms with van der Waals surface area (Å²) < 4.78 is 38.3.